The molecule has 0 amide bonds. The third-order valence-corrected chi connectivity index (χ3v) is 2.47. The minimum atomic E-state index is -0.476. The Morgan fingerprint density at radius 3 is 3.00 bits per heavy atom. The van der Waals surface area contributed by atoms with Crippen molar-refractivity contribution in [3.8, 4) is 5.75 Å². The van der Waals surface area contributed by atoms with Crippen LogP contribution in [0.1, 0.15) is 5.82 Å². The summed E-state index contributed by atoms with van der Waals surface area (Å²) in [5.74, 6) is 0.456. The molecule has 0 saturated heterocycles. The van der Waals surface area contributed by atoms with Crippen LogP contribution < -0.4 is 15.8 Å². The molecule has 96 valence electrons. The largest absolute Gasteiger partial charge is 0.494 e. The standard InChI is InChI=1S/C11H14FN5O/c1-18-10-5-9(8(13)4-7(10)12)14-3-2-11-15-6-16-17-11/h4-6,14H,2-3,13H2,1H3,(H,15,16,17). The highest BCUT2D eigenvalue weighted by Crippen LogP contribution is 2.27. The molecular formula is C11H14FN5O. The minimum absolute atomic E-state index is 0.159. The Morgan fingerprint density at radius 2 is 2.33 bits per heavy atom. The Hall–Kier alpha value is -2.31. The van der Waals surface area contributed by atoms with E-state index in [0.29, 0.717) is 24.3 Å². The summed E-state index contributed by atoms with van der Waals surface area (Å²) in [5, 5.41) is 9.59. The maximum absolute atomic E-state index is 13.3. The Labute approximate surface area is 103 Å². The van der Waals surface area contributed by atoms with Crippen LogP contribution in [-0.4, -0.2) is 28.8 Å². The Kier molecular flexibility index (Phi) is 3.61. The number of nitrogens with zero attached hydrogens (tertiary/aromatic N) is 2. The molecular weight excluding hydrogens is 237 g/mol. The molecule has 2 rings (SSSR count). The SMILES string of the molecule is COc1cc(NCCc2ncn[nH]2)c(N)cc1F. The van der Waals surface area contributed by atoms with E-state index in [4.69, 9.17) is 10.5 Å². The van der Waals surface area contributed by atoms with Crippen LogP contribution in [0.2, 0.25) is 0 Å². The maximum Gasteiger partial charge on any atom is 0.167 e. The fourth-order valence-corrected chi connectivity index (χ4v) is 1.55. The molecule has 6 nitrogen and oxygen atoms in total. The molecule has 0 aliphatic heterocycles. The van der Waals surface area contributed by atoms with E-state index in [1.54, 1.807) is 0 Å². The normalized spacial score (nSPS) is 10.3. The third kappa shape index (κ3) is 2.68. The van der Waals surface area contributed by atoms with E-state index in [-0.39, 0.29) is 5.75 Å². The number of nitrogens with one attached hydrogen (secondary N) is 2. The van der Waals surface area contributed by atoms with Gasteiger partial charge in [0, 0.05) is 25.1 Å². The molecule has 0 aliphatic carbocycles. The fraction of sp³-hybridized carbons (Fsp3) is 0.273. The molecule has 1 aromatic carbocycles. The minimum Gasteiger partial charge on any atom is -0.494 e. The number of aromatic amines is 1. The van der Waals surface area contributed by atoms with Gasteiger partial charge in [-0.25, -0.2) is 9.37 Å². The van der Waals surface area contributed by atoms with Gasteiger partial charge in [0.1, 0.15) is 12.2 Å². The predicted molar refractivity (Wildman–Crippen MR) is 65.9 cm³/mol. The first-order valence-electron chi connectivity index (χ1n) is 5.42. The Bertz CT molecular complexity index is 514. The van der Waals surface area contributed by atoms with Gasteiger partial charge in [0.2, 0.25) is 0 Å². The lowest BCUT2D eigenvalue weighted by Crippen LogP contribution is -2.08. The number of H-pyrrole nitrogens is 1. The molecule has 18 heavy (non-hydrogen) atoms. The van der Waals surface area contributed by atoms with Crippen LogP contribution in [0.4, 0.5) is 15.8 Å². The molecule has 0 saturated carbocycles. The fourth-order valence-electron chi connectivity index (χ4n) is 1.55. The van der Waals surface area contributed by atoms with Gasteiger partial charge in [0.25, 0.3) is 0 Å². The van der Waals surface area contributed by atoms with E-state index in [2.05, 4.69) is 20.5 Å². The van der Waals surface area contributed by atoms with E-state index in [9.17, 15) is 4.39 Å². The van der Waals surface area contributed by atoms with Crippen molar-refractivity contribution in [2.75, 3.05) is 24.7 Å². The van der Waals surface area contributed by atoms with E-state index in [0.717, 1.165) is 5.82 Å². The zero-order chi connectivity index (χ0) is 13.0. The summed E-state index contributed by atoms with van der Waals surface area (Å²) in [5.41, 5.74) is 6.68. The molecule has 0 radical (unpaired) electrons. The number of nitrogen functional groups attached to an aromatic ring is 1. The van der Waals surface area contributed by atoms with Gasteiger partial charge in [-0.1, -0.05) is 0 Å². The van der Waals surface area contributed by atoms with Gasteiger partial charge in [-0.15, -0.1) is 0 Å². The Balaban J connectivity index is 2.00. The molecule has 0 bridgehead atoms. The van der Waals surface area contributed by atoms with Crippen molar-refractivity contribution >= 4 is 11.4 Å². The van der Waals surface area contributed by atoms with Gasteiger partial charge < -0.3 is 15.8 Å². The van der Waals surface area contributed by atoms with Crippen molar-refractivity contribution in [1.29, 1.82) is 0 Å². The molecule has 0 spiro atoms. The van der Waals surface area contributed by atoms with Crippen LogP contribution in [0.5, 0.6) is 5.75 Å². The predicted octanol–water partition coefficient (Wildman–Crippen LogP) is 1.19. The molecule has 4 N–H and O–H groups in total. The lowest BCUT2D eigenvalue weighted by molar-refractivity contribution is 0.387. The molecule has 2 aromatic rings. The van der Waals surface area contributed by atoms with Crippen molar-refractivity contribution in [2.24, 2.45) is 0 Å². The average Bonchev–Trinajstić information content (AvgIpc) is 2.85. The van der Waals surface area contributed by atoms with E-state index in [1.807, 2.05) is 0 Å². The van der Waals surface area contributed by atoms with Crippen LogP contribution in [-0.2, 0) is 6.42 Å². The van der Waals surface area contributed by atoms with Crippen molar-refractivity contribution in [3.05, 3.63) is 30.1 Å². The molecule has 1 heterocycles. The molecule has 1 aromatic heterocycles. The number of hydrogen-bond acceptors (Lipinski definition) is 5. The van der Waals surface area contributed by atoms with Gasteiger partial charge in [-0.2, -0.15) is 5.10 Å². The first kappa shape index (κ1) is 12.2. The monoisotopic (exact) mass is 251 g/mol. The lowest BCUT2D eigenvalue weighted by atomic mass is 10.2. The third-order valence-electron chi connectivity index (χ3n) is 2.47. The topological polar surface area (TPSA) is 88.8 Å². The number of nitrogens with two attached hydrogens (primary N) is 1. The highest BCUT2D eigenvalue weighted by molar-refractivity contribution is 5.68. The second kappa shape index (κ2) is 5.35. The van der Waals surface area contributed by atoms with Crippen molar-refractivity contribution in [1.82, 2.24) is 15.2 Å². The molecule has 0 aliphatic rings. The van der Waals surface area contributed by atoms with Crippen LogP contribution in [0.25, 0.3) is 0 Å². The zero-order valence-electron chi connectivity index (χ0n) is 9.90. The smallest absolute Gasteiger partial charge is 0.167 e. The van der Waals surface area contributed by atoms with Crippen LogP contribution >= 0.6 is 0 Å². The first-order chi connectivity index (χ1) is 8.70. The number of benzene rings is 1. The average molecular weight is 251 g/mol. The summed E-state index contributed by atoms with van der Waals surface area (Å²) in [6.45, 7) is 0.605. The van der Waals surface area contributed by atoms with Crippen LogP contribution in [0.3, 0.4) is 0 Å². The first-order valence-corrected chi connectivity index (χ1v) is 5.42. The van der Waals surface area contributed by atoms with E-state index < -0.39 is 5.82 Å². The molecule has 7 heteroatoms. The highest BCUT2D eigenvalue weighted by atomic mass is 19.1. The maximum atomic E-state index is 13.3. The van der Waals surface area contributed by atoms with Crippen LogP contribution in [0.15, 0.2) is 18.5 Å². The Morgan fingerprint density at radius 1 is 1.50 bits per heavy atom. The molecule has 0 atom stereocenters. The number of rotatable bonds is 5. The zero-order valence-corrected chi connectivity index (χ0v) is 9.90. The van der Waals surface area contributed by atoms with Crippen molar-refractivity contribution < 1.29 is 9.13 Å². The van der Waals surface area contributed by atoms with Gasteiger partial charge >= 0.3 is 0 Å². The highest BCUT2D eigenvalue weighted by Gasteiger charge is 2.08. The number of methoxy groups -OCH3 is 1. The summed E-state index contributed by atoms with van der Waals surface area (Å²) < 4.78 is 18.2. The lowest BCUT2D eigenvalue weighted by Gasteiger charge is -2.11. The van der Waals surface area contributed by atoms with Gasteiger partial charge in [0.15, 0.2) is 11.6 Å². The van der Waals surface area contributed by atoms with Gasteiger partial charge in [-0.3, -0.25) is 5.10 Å². The van der Waals surface area contributed by atoms with Gasteiger partial charge in [-0.05, 0) is 0 Å². The van der Waals surface area contributed by atoms with Crippen molar-refractivity contribution in [3.63, 3.8) is 0 Å². The number of halogens is 1. The number of ether oxygens (including phenoxy) is 1. The summed E-state index contributed by atoms with van der Waals surface area (Å²) in [6, 6.07) is 2.76. The van der Waals surface area contributed by atoms with Gasteiger partial charge in [0.05, 0.1) is 18.5 Å². The molecule has 0 unspecified atom stereocenters. The summed E-state index contributed by atoms with van der Waals surface area (Å²) in [7, 11) is 1.41. The summed E-state index contributed by atoms with van der Waals surface area (Å²) >= 11 is 0. The van der Waals surface area contributed by atoms with Crippen LogP contribution in [0, 0.1) is 5.82 Å². The second-order valence-electron chi connectivity index (χ2n) is 3.68. The summed E-state index contributed by atoms with van der Waals surface area (Å²) in [4.78, 5) is 4.00. The summed E-state index contributed by atoms with van der Waals surface area (Å²) in [6.07, 6.45) is 2.11. The number of anilines is 2. The second-order valence-corrected chi connectivity index (χ2v) is 3.68. The number of aromatic nitrogens is 3. The van der Waals surface area contributed by atoms with E-state index >= 15 is 0 Å². The molecule has 0 fully saturated rings. The van der Waals surface area contributed by atoms with Crippen molar-refractivity contribution in [2.45, 2.75) is 6.42 Å². The quantitative estimate of drug-likeness (QED) is 0.694. The van der Waals surface area contributed by atoms with E-state index in [1.165, 1.54) is 25.6 Å². The number of hydrogen-bond donors (Lipinski definition) is 3.